The van der Waals surface area contributed by atoms with Gasteiger partial charge in [-0.1, -0.05) is 30.3 Å². The molecule has 3 rings (SSSR count). The number of amides is 1. The van der Waals surface area contributed by atoms with E-state index < -0.39 is 0 Å². The van der Waals surface area contributed by atoms with Gasteiger partial charge < -0.3 is 10.1 Å². The first-order valence-corrected chi connectivity index (χ1v) is 9.17. The second-order valence-corrected chi connectivity index (χ2v) is 6.86. The monoisotopic (exact) mass is 345 g/mol. The summed E-state index contributed by atoms with van der Waals surface area (Å²) in [5.41, 5.74) is 1.85. The number of aromatic nitrogens is 1. The van der Waals surface area contributed by atoms with Crippen molar-refractivity contribution in [3.8, 4) is 10.6 Å². The number of carbonyl (C=O) groups is 1. The third-order valence-corrected chi connectivity index (χ3v) is 5.27. The topological polar surface area (TPSA) is 54.5 Å². The molecule has 6 heteroatoms. The Morgan fingerprint density at radius 1 is 1.29 bits per heavy atom. The number of thiazole rings is 1. The van der Waals surface area contributed by atoms with E-state index in [4.69, 9.17) is 4.74 Å². The molecule has 0 spiro atoms. The smallest absolute Gasteiger partial charge is 0.263 e. The third kappa shape index (κ3) is 4.41. The summed E-state index contributed by atoms with van der Waals surface area (Å²) in [7, 11) is 0. The molecule has 0 radical (unpaired) electrons. The fraction of sp³-hybridized carbons (Fsp3) is 0.444. The molecule has 0 atom stereocenters. The van der Waals surface area contributed by atoms with Crippen LogP contribution in [0, 0.1) is 6.92 Å². The van der Waals surface area contributed by atoms with Crippen molar-refractivity contribution in [1.29, 1.82) is 0 Å². The largest absolute Gasteiger partial charge is 0.379 e. The SMILES string of the molecule is Cc1nc(-c2ccccc2)sc1C(=O)NCCCN1CCOCC1. The molecule has 0 aliphatic carbocycles. The Balaban J connectivity index is 1.51. The van der Waals surface area contributed by atoms with Gasteiger partial charge in [-0.15, -0.1) is 11.3 Å². The maximum Gasteiger partial charge on any atom is 0.263 e. The molecule has 2 heterocycles. The Morgan fingerprint density at radius 2 is 2.04 bits per heavy atom. The second kappa shape index (κ2) is 8.37. The van der Waals surface area contributed by atoms with Crippen molar-refractivity contribution in [2.24, 2.45) is 0 Å². The van der Waals surface area contributed by atoms with Gasteiger partial charge in [0.2, 0.25) is 0 Å². The van der Waals surface area contributed by atoms with Crippen LogP contribution in [0.4, 0.5) is 0 Å². The van der Waals surface area contributed by atoms with Crippen LogP contribution in [0.5, 0.6) is 0 Å². The number of rotatable bonds is 6. The fourth-order valence-electron chi connectivity index (χ4n) is 2.72. The van der Waals surface area contributed by atoms with Gasteiger partial charge in [-0.3, -0.25) is 9.69 Å². The minimum absolute atomic E-state index is 0.0193. The van der Waals surface area contributed by atoms with Crippen molar-refractivity contribution in [2.45, 2.75) is 13.3 Å². The maximum atomic E-state index is 12.4. The van der Waals surface area contributed by atoms with Crippen molar-refractivity contribution in [1.82, 2.24) is 15.2 Å². The summed E-state index contributed by atoms with van der Waals surface area (Å²) in [5.74, 6) is -0.0193. The highest BCUT2D eigenvalue weighted by Gasteiger charge is 2.16. The summed E-state index contributed by atoms with van der Waals surface area (Å²) in [5, 5.41) is 3.91. The Hall–Kier alpha value is -1.76. The van der Waals surface area contributed by atoms with Crippen molar-refractivity contribution < 1.29 is 9.53 Å². The van der Waals surface area contributed by atoms with Crippen LogP contribution < -0.4 is 5.32 Å². The molecule has 1 aromatic heterocycles. The van der Waals surface area contributed by atoms with E-state index in [0.717, 1.165) is 55.5 Å². The van der Waals surface area contributed by atoms with Crippen LogP contribution in [0.25, 0.3) is 10.6 Å². The molecular formula is C18H23N3O2S. The highest BCUT2D eigenvalue weighted by Crippen LogP contribution is 2.27. The van der Waals surface area contributed by atoms with Crippen LogP contribution in [0.3, 0.4) is 0 Å². The zero-order chi connectivity index (χ0) is 16.8. The number of nitrogens with zero attached hydrogens (tertiary/aromatic N) is 2. The minimum atomic E-state index is -0.0193. The molecule has 24 heavy (non-hydrogen) atoms. The van der Waals surface area contributed by atoms with Gasteiger partial charge in [-0.2, -0.15) is 0 Å². The van der Waals surface area contributed by atoms with Gasteiger partial charge in [0.05, 0.1) is 18.9 Å². The Labute approximate surface area is 146 Å². The lowest BCUT2D eigenvalue weighted by atomic mass is 10.2. The number of ether oxygens (including phenoxy) is 1. The van der Waals surface area contributed by atoms with Crippen molar-refractivity contribution in [3.63, 3.8) is 0 Å². The fourth-order valence-corrected chi connectivity index (χ4v) is 3.71. The number of carbonyl (C=O) groups excluding carboxylic acids is 1. The van der Waals surface area contributed by atoms with Crippen LogP contribution in [0.15, 0.2) is 30.3 Å². The summed E-state index contributed by atoms with van der Waals surface area (Å²) in [4.78, 5) is 20.0. The highest BCUT2D eigenvalue weighted by atomic mass is 32.1. The highest BCUT2D eigenvalue weighted by molar-refractivity contribution is 7.17. The van der Waals surface area contributed by atoms with E-state index in [-0.39, 0.29) is 5.91 Å². The van der Waals surface area contributed by atoms with E-state index in [9.17, 15) is 4.79 Å². The third-order valence-electron chi connectivity index (χ3n) is 4.06. The van der Waals surface area contributed by atoms with E-state index in [1.165, 1.54) is 11.3 Å². The van der Waals surface area contributed by atoms with Crippen molar-refractivity contribution >= 4 is 17.2 Å². The predicted octanol–water partition coefficient (Wildman–Crippen LogP) is 2.57. The van der Waals surface area contributed by atoms with Gasteiger partial charge >= 0.3 is 0 Å². The average Bonchev–Trinajstić information content (AvgIpc) is 3.02. The lowest BCUT2D eigenvalue weighted by Crippen LogP contribution is -2.38. The molecule has 1 amide bonds. The molecule has 1 aliphatic heterocycles. The number of benzene rings is 1. The molecule has 0 bridgehead atoms. The number of hydrogen-bond acceptors (Lipinski definition) is 5. The Kier molecular flexibility index (Phi) is 5.96. The summed E-state index contributed by atoms with van der Waals surface area (Å²) in [6.45, 7) is 7.19. The normalized spacial score (nSPS) is 15.4. The molecule has 0 saturated carbocycles. The maximum absolute atomic E-state index is 12.4. The van der Waals surface area contributed by atoms with E-state index in [2.05, 4.69) is 15.2 Å². The van der Waals surface area contributed by atoms with Crippen LogP contribution >= 0.6 is 11.3 Å². The van der Waals surface area contributed by atoms with Crippen molar-refractivity contribution in [3.05, 3.63) is 40.9 Å². The molecule has 0 unspecified atom stereocenters. The van der Waals surface area contributed by atoms with Crippen molar-refractivity contribution in [2.75, 3.05) is 39.4 Å². The van der Waals surface area contributed by atoms with Crippen LogP contribution in [0.1, 0.15) is 21.8 Å². The summed E-state index contributed by atoms with van der Waals surface area (Å²) in [6, 6.07) is 9.98. The van der Waals surface area contributed by atoms with E-state index in [1.54, 1.807) is 0 Å². The Morgan fingerprint density at radius 3 is 2.79 bits per heavy atom. The quantitative estimate of drug-likeness (QED) is 0.818. The second-order valence-electron chi connectivity index (χ2n) is 5.86. The number of aryl methyl sites for hydroxylation is 1. The molecule has 1 aromatic carbocycles. The standard InChI is InChI=1S/C18H23N3O2S/c1-14-16(24-18(20-14)15-6-3-2-4-7-15)17(22)19-8-5-9-21-10-12-23-13-11-21/h2-4,6-7H,5,8-13H2,1H3,(H,19,22). The first-order chi connectivity index (χ1) is 11.7. The molecule has 5 nitrogen and oxygen atoms in total. The summed E-state index contributed by atoms with van der Waals surface area (Å²) >= 11 is 1.46. The number of hydrogen-bond donors (Lipinski definition) is 1. The molecule has 128 valence electrons. The van der Waals surface area contributed by atoms with Gasteiger partial charge in [-0.05, 0) is 19.9 Å². The van der Waals surface area contributed by atoms with Gasteiger partial charge in [0.25, 0.3) is 5.91 Å². The molecular weight excluding hydrogens is 322 g/mol. The zero-order valence-corrected chi connectivity index (χ0v) is 14.8. The molecule has 1 fully saturated rings. The van der Waals surface area contributed by atoms with E-state index in [0.29, 0.717) is 11.4 Å². The lowest BCUT2D eigenvalue weighted by molar-refractivity contribution is 0.0374. The first kappa shape index (κ1) is 17.1. The van der Waals surface area contributed by atoms with Gasteiger partial charge in [0, 0.05) is 25.2 Å². The van der Waals surface area contributed by atoms with E-state index >= 15 is 0 Å². The van der Waals surface area contributed by atoms with Crippen LogP contribution in [-0.4, -0.2) is 55.2 Å². The molecule has 1 N–H and O–H groups in total. The predicted molar refractivity (Wildman–Crippen MR) is 96.5 cm³/mol. The molecule has 1 aliphatic rings. The Bertz CT molecular complexity index is 666. The first-order valence-electron chi connectivity index (χ1n) is 8.35. The van der Waals surface area contributed by atoms with Gasteiger partial charge in [0.15, 0.2) is 0 Å². The zero-order valence-electron chi connectivity index (χ0n) is 14.0. The average molecular weight is 345 g/mol. The van der Waals surface area contributed by atoms with Gasteiger partial charge in [0.1, 0.15) is 9.88 Å². The minimum Gasteiger partial charge on any atom is -0.379 e. The van der Waals surface area contributed by atoms with Crippen LogP contribution in [-0.2, 0) is 4.74 Å². The molecule has 2 aromatic rings. The summed E-state index contributed by atoms with van der Waals surface area (Å²) in [6.07, 6.45) is 0.954. The lowest BCUT2D eigenvalue weighted by Gasteiger charge is -2.26. The van der Waals surface area contributed by atoms with Crippen LogP contribution in [0.2, 0.25) is 0 Å². The molecule has 1 saturated heterocycles. The summed E-state index contributed by atoms with van der Waals surface area (Å²) < 4.78 is 5.34. The van der Waals surface area contributed by atoms with E-state index in [1.807, 2.05) is 37.3 Å². The van der Waals surface area contributed by atoms with Gasteiger partial charge in [-0.25, -0.2) is 4.98 Å². The number of morpholine rings is 1. The number of nitrogens with one attached hydrogen (secondary N) is 1.